The molecule has 1 aromatic rings. The van der Waals surface area contributed by atoms with Crippen molar-refractivity contribution in [2.24, 2.45) is 7.05 Å². The van der Waals surface area contributed by atoms with Crippen molar-refractivity contribution in [2.75, 3.05) is 13.2 Å². The Bertz CT molecular complexity index is 424. The van der Waals surface area contributed by atoms with Gasteiger partial charge in [-0.2, -0.15) is 5.10 Å². The fourth-order valence-electron chi connectivity index (χ4n) is 2.16. The maximum atomic E-state index is 11.8. The first-order chi connectivity index (χ1) is 8.67. The second-order valence-corrected chi connectivity index (χ2v) is 4.64. The molecular formula is C13H21N3O2. The Kier molecular flexibility index (Phi) is 4.01. The number of aryl methyl sites for hydroxylation is 1. The fraction of sp³-hybridized carbons (Fsp3) is 0.692. The number of ether oxygens (including phenoxy) is 1. The number of esters is 1. The molecule has 0 bridgehead atoms. The minimum Gasteiger partial charge on any atom is -0.462 e. The molecule has 5 heteroatoms. The molecule has 0 saturated heterocycles. The highest BCUT2D eigenvalue weighted by Crippen LogP contribution is 2.28. The van der Waals surface area contributed by atoms with Crippen LogP contribution in [0.3, 0.4) is 0 Å². The lowest BCUT2D eigenvalue weighted by Crippen LogP contribution is -2.27. The molecule has 1 fully saturated rings. The van der Waals surface area contributed by atoms with Crippen molar-refractivity contribution in [3.8, 4) is 0 Å². The third-order valence-corrected chi connectivity index (χ3v) is 3.38. The van der Waals surface area contributed by atoms with Crippen LogP contribution in [0.5, 0.6) is 0 Å². The number of aromatic nitrogens is 2. The first kappa shape index (κ1) is 13.1. The van der Waals surface area contributed by atoms with Crippen molar-refractivity contribution in [2.45, 2.75) is 39.3 Å². The van der Waals surface area contributed by atoms with Crippen LogP contribution in [0.2, 0.25) is 0 Å². The molecule has 0 aliphatic heterocycles. The van der Waals surface area contributed by atoms with Gasteiger partial charge in [-0.3, -0.25) is 9.58 Å². The van der Waals surface area contributed by atoms with Crippen molar-refractivity contribution in [1.82, 2.24) is 14.7 Å². The van der Waals surface area contributed by atoms with Crippen molar-refractivity contribution >= 4 is 5.97 Å². The zero-order chi connectivity index (χ0) is 13.1. The zero-order valence-corrected chi connectivity index (χ0v) is 11.3. The Hall–Kier alpha value is -1.36. The van der Waals surface area contributed by atoms with E-state index in [0.717, 1.165) is 18.8 Å². The minimum absolute atomic E-state index is 0.271. The van der Waals surface area contributed by atoms with Crippen LogP contribution in [0.4, 0.5) is 0 Å². The molecule has 1 aromatic heterocycles. The molecule has 100 valence electrons. The molecule has 0 spiro atoms. The smallest absolute Gasteiger partial charge is 0.341 e. The maximum absolute atomic E-state index is 11.8. The van der Waals surface area contributed by atoms with Gasteiger partial charge in [-0.15, -0.1) is 0 Å². The van der Waals surface area contributed by atoms with Crippen LogP contribution in [0.1, 0.15) is 42.7 Å². The van der Waals surface area contributed by atoms with Gasteiger partial charge in [0.15, 0.2) is 0 Å². The second kappa shape index (κ2) is 5.52. The van der Waals surface area contributed by atoms with Crippen LogP contribution in [-0.2, 0) is 18.3 Å². The van der Waals surface area contributed by atoms with Gasteiger partial charge in [-0.25, -0.2) is 4.79 Å². The summed E-state index contributed by atoms with van der Waals surface area (Å²) < 4.78 is 6.84. The summed E-state index contributed by atoms with van der Waals surface area (Å²) in [6, 6.07) is 0.681. The predicted octanol–water partition coefficient (Wildman–Crippen LogP) is 1.58. The number of hydrogen-bond acceptors (Lipinski definition) is 4. The average molecular weight is 251 g/mol. The average Bonchev–Trinajstić information content (AvgIpc) is 3.12. The van der Waals surface area contributed by atoms with Gasteiger partial charge in [-0.1, -0.05) is 6.92 Å². The van der Waals surface area contributed by atoms with E-state index in [9.17, 15) is 4.79 Å². The topological polar surface area (TPSA) is 47.4 Å². The van der Waals surface area contributed by atoms with Gasteiger partial charge in [0.1, 0.15) is 5.56 Å². The summed E-state index contributed by atoms with van der Waals surface area (Å²) in [7, 11) is 1.87. The van der Waals surface area contributed by atoms with Gasteiger partial charge < -0.3 is 4.74 Å². The highest BCUT2D eigenvalue weighted by atomic mass is 16.5. The molecule has 1 aliphatic carbocycles. The standard InChI is InChI=1S/C13H21N3O2/c1-4-16(10-6-7-10)9-12-11(8-14-15(12)3)13(17)18-5-2/h8,10H,4-7,9H2,1-3H3. The van der Waals surface area contributed by atoms with E-state index in [2.05, 4.69) is 16.9 Å². The molecule has 0 radical (unpaired) electrons. The zero-order valence-electron chi connectivity index (χ0n) is 11.3. The van der Waals surface area contributed by atoms with E-state index in [0.29, 0.717) is 18.2 Å². The quantitative estimate of drug-likeness (QED) is 0.720. The molecule has 0 unspecified atom stereocenters. The highest BCUT2D eigenvalue weighted by molar-refractivity contribution is 5.90. The van der Waals surface area contributed by atoms with E-state index in [1.165, 1.54) is 12.8 Å². The molecule has 18 heavy (non-hydrogen) atoms. The summed E-state index contributed by atoms with van der Waals surface area (Å²) in [5, 5.41) is 4.18. The molecule has 1 aliphatic rings. The van der Waals surface area contributed by atoms with E-state index >= 15 is 0 Å². The normalized spacial score (nSPS) is 15.1. The summed E-state index contributed by atoms with van der Waals surface area (Å²) in [6.07, 6.45) is 4.13. The molecule has 5 nitrogen and oxygen atoms in total. The number of hydrogen-bond donors (Lipinski definition) is 0. The fourth-order valence-corrected chi connectivity index (χ4v) is 2.16. The maximum Gasteiger partial charge on any atom is 0.341 e. The lowest BCUT2D eigenvalue weighted by Gasteiger charge is -2.20. The SMILES string of the molecule is CCOC(=O)c1cnn(C)c1CN(CC)C1CC1. The lowest BCUT2D eigenvalue weighted by molar-refractivity contribution is 0.0523. The van der Waals surface area contributed by atoms with Gasteiger partial charge >= 0.3 is 5.97 Å². The largest absolute Gasteiger partial charge is 0.462 e. The Balaban J connectivity index is 2.15. The van der Waals surface area contributed by atoms with Crippen LogP contribution in [0.25, 0.3) is 0 Å². The number of nitrogens with zero attached hydrogens (tertiary/aromatic N) is 3. The Morgan fingerprint density at radius 1 is 1.56 bits per heavy atom. The predicted molar refractivity (Wildman–Crippen MR) is 68.3 cm³/mol. The Labute approximate surface area is 108 Å². The second-order valence-electron chi connectivity index (χ2n) is 4.64. The molecule has 0 atom stereocenters. The van der Waals surface area contributed by atoms with E-state index < -0.39 is 0 Å². The summed E-state index contributed by atoms with van der Waals surface area (Å²) in [4.78, 5) is 14.2. The molecular weight excluding hydrogens is 230 g/mol. The van der Waals surface area contributed by atoms with Crippen molar-refractivity contribution in [3.63, 3.8) is 0 Å². The van der Waals surface area contributed by atoms with Crippen LogP contribution >= 0.6 is 0 Å². The molecule has 0 N–H and O–H groups in total. The van der Waals surface area contributed by atoms with E-state index in [1.54, 1.807) is 10.9 Å². The van der Waals surface area contributed by atoms with Gasteiger partial charge in [-0.05, 0) is 26.3 Å². The summed E-state index contributed by atoms with van der Waals surface area (Å²) in [5.74, 6) is -0.271. The summed E-state index contributed by atoms with van der Waals surface area (Å²) in [5.41, 5.74) is 1.54. The molecule has 0 aromatic carbocycles. The molecule has 1 heterocycles. The van der Waals surface area contributed by atoms with Crippen molar-refractivity contribution in [3.05, 3.63) is 17.5 Å². The lowest BCUT2D eigenvalue weighted by atomic mass is 10.2. The van der Waals surface area contributed by atoms with Crippen molar-refractivity contribution < 1.29 is 9.53 Å². The summed E-state index contributed by atoms with van der Waals surface area (Å²) in [6.45, 7) is 6.13. The highest BCUT2D eigenvalue weighted by Gasteiger charge is 2.29. The Morgan fingerprint density at radius 3 is 2.83 bits per heavy atom. The Morgan fingerprint density at radius 2 is 2.28 bits per heavy atom. The van der Waals surface area contributed by atoms with Crippen LogP contribution < -0.4 is 0 Å². The third-order valence-electron chi connectivity index (χ3n) is 3.38. The molecule has 1 saturated carbocycles. The van der Waals surface area contributed by atoms with Gasteiger partial charge in [0.05, 0.1) is 18.5 Å². The van der Waals surface area contributed by atoms with Gasteiger partial charge in [0, 0.05) is 19.6 Å². The molecule has 2 rings (SSSR count). The number of rotatable bonds is 6. The molecule has 0 amide bonds. The van der Waals surface area contributed by atoms with Gasteiger partial charge in [0.25, 0.3) is 0 Å². The van der Waals surface area contributed by atoms with Crippen LogP contribution in [-0.4, -0.2) is 39.8 Å². The van der Waals surface area contributed by atoms with E-state index in [-0.39, 0.29) is 5.97 Å². The first-order valence-electron chi connectivity index (χ1n) is 6.59. The van der Waals surface area contributed by atoms with E-state index in [4.69, 9.17) is 4.74 Å². The van der Waals surface area contributed by atoms with Gasteiger partial charge in [0.2, 0.25) is 0 Å². The van der Waals surface area contributed by atoms with Crippen LogP contribution in [0, 0.1) is 0 Å². The van der Waals surface area contributed by atoms with Crippen LogP contribution in [0.15, 0.2) is 6.20 Å². The number of carbonyl (C=O) groups excluding carboxylic acids is 1. The third kappa shape index (κ3) is 2.72. The number of carbonyl (C=O) groups is 1. The van der Waals surface area contributed by atoms with Crippen molar-refractivity contribution in [1.29, 1.82) is 0 Å². The monoisotopic (exact) mass is 251 g/mol. The van der Waals surface area contributed by atoms with E-state index in [1.807, 2.05) is 14.0 Å². The summed E-state index contributed by atoms with van der Waals surface area (Å²) >= 11 is 0. The minimum atomic E-state index is -0.271. The first-order valence-corrected chi connectivity index (χ1v) is 6.59.